The van der Waals surface area contributed by atoms with Gasteiger partial charge in [0.05, 0.1) is 11.2 Å². The summed E-state index contributed by atoms with van der Waals surface area (Å²) in [6, 6.07) is 30.3. The van der Waals surface area contributed by atoms with Crippen LogP contribution < -0.4 is 0 Å². The Hall–Kier alpha value is -2.52. The molecule has 0 radical (unpaired) electrons. The van der Waals surface area contributed by atoms with E-state index in [9.17, 15) is 0 Å². The second-order valence-electron chi connectivity index (χ2n) is 7.92. The molecule has 160 valence electrons. The number of halogens is 3. The highest BCUT2D eigenvalue weighted by atomic mass is 35.6. The summed E-state index contributed by atoms with van der Waals surface area (Å²) in [6.07, 6.45) is 2.95. The van der Waals surface area contributed by atoms with Crippen LogP contribution in [0.25, 0.3) is 22.7 Å². The van der Waals surface area contributed by atoms with Gasteiger partial charge in [-0.2, -0.15) is 0 Å². The van der Waals surface area contributed by atoms with Crippen molar-refractivity contribution in [3.63, 3.8) is 0 Å². The summed E-state index contributed by atoms with van der Waals surface area (Å²) in [5, 5.41) is 1.03. The second-order valence-corrected chi connectivity index (χ2v) is 10.3. The van der Waals surface area contributed by atoms with Crippen molar-refractivity contribution in [2.24, 2.45) is 0 Å². The van der Waals surface area contributed by atoms with Crippen LogP contribution in [0.5, 0.6) is 0 Å². The van der Waals surface area contributed by atoms with Gasteiger partial charge in [-0.15, -0.1) is 0 Å². The molecule has 4 aromatic rings. The Labute approximate surface area is 203 Å². The molecule has 0 fully saturated rings. The number of nitrogens with zero attached hydrogens (tertiary/aromatic N) is 2. The molecule has 2 heterocycles. The second kappa shape index (κ2) is 8.78. The fraction of sp³-hybridized carbons (Fsp3) is 0.148. The van der Waals surface area contributed by atoms with E-state index in [1.165, 1.54) is 5.56 Å². The Balaban J connectivity index is 1.67. The molecule has 0 amide bonds. The zero-order chi connectivity index (χ0) is 22.1. The van der Waals surface area contributed by atoms with Gasteiger partial charge in [-0.05, 0) is 35.8 Å². The number of benzene rings is 3. The number of pyridine rings is 1. The van der Waals surface area contributed by atoms with Gasteiger partial charge in [0, 0.05) is 23.2 Å². The summed E-state index contributed by atoms with van der Waals surface area (Å²) in [4.78, 5) is 7.15. The predicted molar refractivity (Wildman–Crippen MR) is 136 cm³/mol. The highest BCUT2D eigenvalue weighted by Crippen LogP contribution is 2.50. The highest BCUT2D eigenvalue weighted by Gasteiger charge is 2.43. The Morgan fingerprint density at radius 1 is 0.812 bits per heavy atom. The summed E-state index contributed by atoms with van der Waals surface area (Å²) in [5.74, 6) is 0. The highest BCUT2D eigenvalue weighted by molar-refractivity contribution is 6.68. The molecule has 1 unspecified atom stereocenters. The number of hydrogen-bond acceptors (Lipinski definition) is 2. The standard InChI is InChI=1S/C27H21Cl3N2/c28-27(29,30)26-22-17-21-13-7-8-14-23(21)31-24(22)18-25(20-11-5-2-6-12-20)32(26)16-15-19-9-3-1-4-10-19/h1-14,17-18,26H,15-16H2. The molecule has 5 rings (SSSR count). The van der Waals surface area contributed by atoms with E-state index in [4.69, 9.17) is 39.8 Å². The topological polar surface area (TPSA) is 16.1 Å². The largest absolute Gasteiger partial charge is 0.359 e. The van der Waals surface area contributed by atoms with E-state index >= 15 is 0 Å². The lowest BCUT2D eigenvalue weighted by atomic mass is 9.93. The quantitative estimate of drug-likeness (QED) is 0.279. The van der Waals surface area contributed by atoms with Crippen molar-refractivity contribution < 1.29 is 0 Å². The molecule has 1 aliphatic rings. The van der Waals surface area contributed by atoms with Crippen LogP contribution in [0.1, 0.15) is 28.4 Å². The van der Waals surface area contributed by atoms with E-state index in [2.05, 4.69) is 53.4 Å². The maximum atomic E-state index is 6.65. The Bertz CT molecular complexity index is 1260. The molecule has 0 spiro atoms. The first kappa shape index (κ1) is 21.3. The van der Waals surface area contributed by atoms with Crippen LogP contribution in [-0.2, 0) is 6.42 Å². The normalized spacial score (nSPS) is 16.0. The van der Waals surface area contributed by atoms with Crippen molar-refractivity contribution in [2.45, 2.75) is 16.3 Å². The number of para-hydroxylation sites is 1. The van der Waals surface area contributed by atoms with Crippen LogP contribution in [-0.4, -0.2) is 20.2 Å². The molecule has 0 aliphatic carbocycles. The van der Waals surface area contributed by atoms with Crippen molar-refractivity contribution >= 4 is 57.5 Å². The SMILES string of the molecule is ClC(Cl)(Cl)C1c2cc3ccccc3nc2C=C(c2ccccc2)N1CCc1ccccc1. The molecule has 0 saturated heterocycles. The van der Waals surface area contributed by atoms with E-state index in [1.54, 1.807) is 0 Å². The molecule has 2 nitrogen and oxygen atoms in total. The molecule has 32 heavy (non-hydrogen) atoms. The lowest BCUT2D eigenvalue weighted by molar-refractivity contribution is 0.300. The van der Waals surface area contributed by atoms with Crippen molar-refractivity contribution in [1.82, 2.24) is 9.88 Å². The van der Waals surface area contributed by atoms with E-state index in [-0.39, 0.29) is 0 Å². The molecule has 3 aromatic carbocycles. The Morgan fingerprint density at radius 3 is 2.19 bits per heavy atom. The Morgan fingerprint density at radius 2 is 1.47 bits per heavy atom. The average Bonchev–Trinajstić information content (AvgIpc) is 2.81. The van der Waals surface area contributed by atoms with Gasteiger partial charge in [0.1, 0.15) is 6.04 Å². The minimum Gasteiger partial charge on any atom is -0.359 e. The first-order valence-corrected chi connectivity index (χ1v) is 11.7. The summed E-state index contributed by atoms with van der Waals surface area (Å²) in [7, 11) is 0. The van der Waals surface area contributed by atoms with E-state index in [0.29, 0.717) is 6.54 Å². The number of fused-ring (bicyclic) bond motifs is 2. The maximum absolute atomic E-state index is 6.65. The summed E-state index contributed by atoms with van der Waals surface area (Å²) in [5.41, 5.74) is 6.01. The molecular formula is C27H21Cl3N2. The van der Waals surface area contributed by atoms with Crippen molar-refractivity contribution in [2.75, 3.05) is 6.54 Å². The van der Waals surface area contributed by atoms with Crippen LogP contribution in [0, 0.1) is 0 Å². The fourth-order valence-electron chi connectivity index (χ4n) is 4.36. The van der Waals surface area contributed by atoms with Gasteiger partial charge in [0.2, 0.25) is 3.79 Å². The van der Waals surface area contributed by atoms with Crippen LogP contribution in [0.4, 0.5) is 0 Å². The van der Waals surface area contributed by atoms with E-state index < -0.39 is 9.83 Å². The Kier molecular flexibility index (Phi) is 5.86. The van der Waals surface area contributed by atoms with E-state index in [0.717, 1.165) is 39.8 Å². The predicted octanol–water partition coefficient (Wildman–Crippen LogP) is 7.70. The van der Waals surface area contributed by atoms with Crippen LogP contribution in [0.15, 0.2) is 91.0 Å². The lowest BCUT2D eigenvalue weighted by Gasteiger charge is -2.42. The minimum absolute atomic E-state index is 0.469. The molecule has 1 aliphatic heterocycles. The number of alkyl halides is 3. The third-order valence-corrected chi connectivity index (χ3v) is 6.46. The minimum atomic E-state index is -1.54. The van der Waals surface area contributed by atoms with Crippen molar-refractivity contribution in [1.29, 1.82) is 0 Å². The van der Waals surface area contributed by atoms with Gasteiger partial charge < -0.3 is 4.90 Å². The number of rotatable bonds is 4. The van der Waals surface area contributed by atoms with Gasteiger partial charge in [-0.25, -0.2) is 4.98 Å². The molecule has 1 aromatic heterocycles. The first-order valence-electron chi connectivity index (χ1n) is 10.5. The summed E-state index contributed by atoms with van der Waals surface area (Å²) in [6.45, 7) is 0.704. The molecule has 0 N–H and O–H groups in total. The smallest absolute Gasteiger partial charge is 0.214 e. The zero-order valence-electron chi connectivity index (χ0n) is 17.3. The van der Waals surface area contributed by atoms with Gasteiger partial charge in [0.25, 0.3) is 0 Å². The van der Waals surface area contributed by atoms with Crippen LogP contribution in [0.2, 0.25) is 0 Å². The average molecular weight is 480 g/mol. The van der Waals surface area contributed by atoms with Gasteiger partial charge >= 0.3 is 0 Å². The molecule has 5 heteroatoms. The molecule has 1 atom stereocenters. The molecule has 0 bridgehead atoms. The van der Waals surface area contributed by atoms with Crippen molar-refractivity contribution in [3.05, 3.63) is 113 Å². The van der Waals surface area contributed by atoms with Gasteiger partial charge in [-0.3, -0.25) is 0 Å². The van der Waals surface area contributed by atoms with Gasteiger partial charge in [0.15, 0.2) is 0 Å². The third kappa shape index (κ3) is 4.23. The van der Waals surface area contributed by atoms with Gasteiger partial charge in [-0.1, -0.05) is 114 Å². The molecule has 0 saturated carbocycles. The van der Waals surface area contributed by atoms with Crippen LogP contribution in [0.3, 0.4) is 0 Å². The van der Waals surface area contributed by atoms with Crippen LogP contribution >= 0.6 is 34.8 Å². The lowest BCUT2D eigenvalue weighted by Crippen LogP contribution is -2.39. The number of aromatic nitrogens is 1. The zero-order valence-corrected chi connectivity index (χ0v) is 19.5. The third-order valence-electron chi connectivity index (χ3n) is 5.84. The maximum Gasteiger partial charge on any atom is 0.214 e. The fourth-order valence-corrected chi connectivity index (χ4v) is 5.06. The first-order chi connectivity index (χ1) is 15.5. The number of hydrogen-bond donors (Lipinski definition) is 0. The summed E-state index contributed by atoms with van der Waals surface area (Å²) < 4.78 is -1.54. The monoisotopic (exact) mass is 478 g/mol. The van der Waals surface area contributed by atoms with Crippen molar-refractivity contribution in [3.8, 4) is 0 Å². The van der Waals surface area contributed by atoms with E-state index in [1.807, 2.05) is 48.5 Å². The summed E-state index contributed by atoms with van der Waals surface area (Å²) >= 11 is 20.0. The molecular weight excluding hydrogens is 459 g/mol.